The van der Waals surface area contributed by atoms with Crippen LogP contribution in [0.15, 0.2) is 75.0 Å². The number of fused-ring (bicyclic) bond motifs is 1. The van der Waals surface area contributed by atoms with E-state index in [1.807, 2.05) is 24.3 Å². The van der Waals surface area contributed by atoms with Gasteiger partial charge in [-0.15, -0.1) is 0 Å². The molecule has 0 fully saturated rings. The van der Waals surface area contributed by atoms with Crippen molar-refractivity contribution in [2.45, 2.75) is 4.90 Å². The Morgan fingerprint density at radius 2 is 1.68 bits per heavy atom. The SMILES string of the molecule is O=C1C=CC(=NS(=O)(=O)c2ccc3ccccc3c2)C=C1Cl. The van der Waals surface area contributed by atoms with E-state index >= 15 is 0 Å². The van der Waals surface area contributed by atoms with Crippen molar-refractivity contribution in [1.29, 1.82) is 0 Å². The second-order valence-corrected chi connectivity index (χ2v) is 6.70. The molecule has 0 heterocycles. The lowest BCUT2D eigenvalue weighted by Gasteiger charge is -2.05. The fraction of sp³-hybridized carbons (Fsp3) is 0. The summed E-state index contributed by atoms with van der Waals surface area (Å²) in [6, 6.07) is 12.2. The summed E-state index contributed by atoms with van der Waals surface area (Å²) in [5.41, 5.74) is 0.123. The van der Waals surface area contributed by atoms with E-state index in [-0.39, 0.29) is 21.4 Å². The average molecular weight is 332 g/mol. The number of sulfonamides is 1. The molecule has 0 N–H and O–H groups in total. The van der Waals surface area contributed by atoms with Gasteiger partial charge in [-0.2, -0.15) is 12.8 Å². The number of hydrogen-bond acceptors (Lipinski definition) is 3. The van der Waals surface area contributed by atoms with Crippen LogP contribution in [0.2, 0.25) is 0 Å². The molecule has 1 aliphatic rings. The van der Waals surface area contributed by atoms with Crippen LogP contribution in [-0.4, -0.2) is 19.9 Å². The smallest absolute Gasteiger partial charge is 0.282 e. The van der Waals surface area contributed by atoms with Gasteiger partial charge in [-0.1, -0.05) is 41.9 Å². The van der Waals surface area contributed by atoms with E-state index in [0.29, 0.717) is 0 Å². The third-order valence-electron chi connectivity index (χ3n) is 3.16. The Kier molecular flexibility index (Phi) is 3.68. The largest absolute Gasteiger partial charge is 0.288 e. The highest BCUT2D eigenvalue weighted by molar-refractivity contribution is 7.90. The number of carbonyl (C=O) groups is 1. The summed E-state index contributed by atoms with van der Waals surface area (Å²) >= 11 is 5.70. The van der Waals surface area contributed by atoms with E-state index in [0.717, 1.165) is 10.8 Å². The number of halogens is 1. The number of hydrogen-bond donors (Lipinski definition) is 0. The molecule has 0 atom stereocenters. The van der Waals surface area contributed by atoms with Crippen molar-refractivity contribution in [2.75, 3.05) is 0 Å². The lowest BCUT2D eigenvalue weighted by atomic mass is 10.1. The van der Waals surface area contributed by atoms with Crippen molar-refractivity contribution < 1.29 is 13.2 Å². The van der Waals surface area contributed by atoms with E-state index in [4.69, 9.17) is 11.6 Å². The normalized spacial score (nSPS) is 17.0. The average Bonchev–Trinajstić information content (AvgIpc) is 2.50. The predicted octanol–water partition coefficient (Wildman–Crippen LogP) is 3.23. The summed E-state index contributed by atoms with van der Waals surface area (Å²) in [4.78, 5) is 11.3. The maximum Gasteiger partial charge on any atom is 0.282 e. The zero-order valence-corrected chi connectivity index (χ0v) is 12.8. The molecule has 0 amide bonds. The van der Waals surface area contributed by atoms with Crippen LogP contribution in [-0.2, 0) is 14.8 Å². The highest BCUT2D eigenvalue weighted by atomic mass is 35.5. The van der Waals surface area contributed by atoms with Gasteiger partial charge in [0, 0.05) is 0 Å². The van der Waals surface area contributed by atoms with Crippen molar-refractivity contribution in [3.63, 3.8) is 0 Å². The van der Waals surface area contributed by atoms with E-state index in [1.54, 1.807) is 12.1 Å². The molecule has 0 saturated heterocycles. The van der Waals surface area contributed by atoms with Crippen LogP contribution < -0.4 is 0 Å². The van der Waals surface area contributed by atoms with Gasteiger partial charge >= 0.3 is 0 Å². The van der Waals surface area contributed by atoms with Gasteiger partial charge in [0.25, 0.3) is 10.0 Å². The summed E-state index contributed by atoms with van der Waals surface area (Å²) < 4.78 is 28.4. The zero-order chi connectivity index (χ0) is 15.7. The van der Waals surface area contributed by atoms with Crippen LogP contribution in [0.4, 0.5) is 0 Å². The fourth-order valence-electron chi connectivity index (χ4n) is 2.07. The lowest BCUT2D eigenvalue weighted by Crippen LogP contribution is -2.07. The van der Waals surface area contributed by atoms with Crippen LogP contribution in [0.25, 0.3) is 10.8 Å². The molecule has 0 bridgehead atoms. The molecule has 3 rings (SSSR count). The van der Waals surface area contributed by atoms with Gasteiger partial charge in [0.15, 0.2) is 5.78 Å². The zero-order valence-electron chi connectivity index (χ0n) is 11.2. The molecule has 0 unspecified atom stereocenters. The minimum absolute atomic E-state index is 0.0602. The molecule has 2 aromatic carbocycles. The van der Waals surface area contributed by atoms with Gasteiger partial charge in [-0.25, -0.2) is 0 Å². The minimum Gasteiger partial charge on any atom is -0.288 e. The predicted molar refractivity (Wildman–Crippen MR) is 86.7 cm³/mol. The van der Waals surface area contributed by atoms with Gasteiger partial charge in [-0.05, 0) is 41.1 Å². The Hall–Kier alpha value is -2.24. The monoisotopic (exact) mass is 331 g/mol. The van der Waals surface area contributed by atoms with Crippen LogP contribution in [0.3, 0.4) is 0 Å². The van der Waals surface area contributed by atoms with E-state index in [9.17, 15) is 13.2 Å². The van der Waals surface area contributed by atoms with Crippen molar-refractivity contribution in [3.05, 3.63) is 65.7 Å². The van der Waals surface area contributed by atoms with Gasteiger partial charge in [0.1, 0.15) is 0 Å². The first-order valence-electron chi connectivity index (χ1n) is 6.39. The molecule has 22 heavy (non-hydrogen) atoms. The molecule has 110 valence electrons. The standard InChI is InChI=1S/C16H10ClNO3S/c17-15-10-13(6-8-16(15)19)18-22(20,21)14-7-5-11-3-1-2-4-12(11)9-14/h1-10H. The maximum atomic E-state index is 12.4. The summed E-state index contributed by atoms with van der Waals surface area (Å²) in [6.45, 7) is 0. The second-order valence-electron chi connectivity index (χ2n) is 4.69. The van der Waals surface area contributed by atoms with Crippen LogP contribution in [0.5, 0.6) is 0 Å². The van der Waals surface area contributed by atoms with E-state index in [2.05, 4.69) is 4.40 Å². The van der Waals surface area contributed by atoms with Gasteiger partial charge < -0.3 is 0 Å². The van der Waals surface area contributed by atoms with Crippen molar-refractivity contribution in [2.24, 2.45) is 4.40 Å². The number of nitrogens with zero attached hydrogens (tertiary/aromatic N) is 1. The Morgan fingerprint density at radius 3 is 2.41 bits per heavy atom. The molecule has 0 saturated carbocycles. The Balaban J connectivity index is 2.05. The number of carbonyl (C=O) groups excluding carboxylic acids is 1. The number of rotatable bonds is 2. The minimum atomic E-state index is -3.87. The van der Waals surface area contributed by atoms with Crippen molar-refractivity contribution in [1.82, 2.24) is 0 Å². The molecule has 1 aliphatic carbocycles. The Morgan fingerprint density at radius 1 is 0.955 bits per heavy atom. The fourth-order valence-corrected chi connectivity index (χ4v) is 3.25. The Bertz CT molecular complexity index is 972. The summed E-state index contributed by atoms with van der Waals surface area (Å²) in [6.07, 6.45) is 3.76. The van der Waals surface area contributed by atoms with Crippen LogP contribution in [0.1, 0.15) is 0 Å². The topological polar surface area (TPSA) is 63.6 Å². The summed E-state index contributed by atoms with van der Waals surface area (Å²) in [7, 11) is -3.87. The van der Waals surface area contributed by atoms with Crippen LogP contribution >= 0.6 is 11.6 Å². The maximum absolute atomic E-state index is 12.4. The van der Waals surface area contributed by atoms with Crippen LogP contribution in [0, 0.1) is 0 Å². The number of allylic oxidation sites excluding steroid dienone is 4. The third kappa shape index (κ3) is 2.86. The highest BCUT2D eigenvalue weighted by Gasteiger charge is 2.16. The number of ketones is 1. The third-order valence-corrected chi connectivity index (χ3v) is 4.76. The molecule has 0 aliphatic heterocycles. The first-order chi connectivity index (χ1) is 10.5. The molecule has 6 heteroatoms. The Labute approximate surface area is 132 Å². The van der Waals surface area contributed by atoms with Crippen molar-refractivity contribution in [3.8, 4) is 0 Å². The first kappa shape index (κ1) is 14.7. The van der Waals surface area contributed by atoms with Gasteiger partial charge in [0.05, 0.1) is 15.6 Å². The molecule has 4 nitrogen and oxygen atoms in total. The molecule has 0 aromatic heterocycles. The summed E-state index contributed by atoms with van der Waals surface area (Å²) in [5.74, 6) is -0.372. The molecular weight excluding hydrogens is 322 g/mol. The molecule has 2 aromatic rings. The second kappa shape index (κ2) is 5.51. The summed E-state index contributed by atoms with van der Waals surface area (Å²) in [5, 5.41) is 1.70. The molecular formula is C16H10ClNO3S. The molecule has 0 spiro atoms. The van der Waals surface area contributed by atoms with Gasteiger partial charge in [0.2, 0.25) is 0 Å². The first-order valence-corrected chi connectivity index (χ1v) is 8.21. The lowest BCUT2D eigenvalue weighted by molar-refractivity contribution is -0.110. The van der Waals surface area contributed by atoms with Gasteiger partial charge in [-0.3, -0.25) is 4.79 Å². The number of benzene rings is 2. The van der Waals surface area contributed by atoms with Crippen molar-refractivity contribution >= 4 is 43.9 Å². The quantitative estimate of drug-likeness (QED) is 0.794. The van der Waals surface area contributed by atoms with E-state index < -0.39 is 10.0 Å². The van der Waals surface area contributed by atoms with E-state index in [1.165, 1.54) is 24.3 Å². The molecule has 0 radical (unpaired) electrons. The highest BCUT2D eigenvalue weighted by Crippen LogP contribution is 2.21.